The molecule has 2 aromatic carbocycles. The zero-order chi connectivity index (χ0) is 20.5. The molecule has 10 nitrogen and oxygen atoms in total. The molecule has 0 aliphatic rings. The van der Waals surface area contributed by atoms with Crippen LogP contribution in [0, 0.1) is 10.1 Å². The Morgan fingerprint density at radius 2 is 1.79 bits per heavy atom. The summed E-state index contributed by atoms with van der Waals surface area (Å²) >= 11 is 5.77. The van der Waals surface area contributed by atoms with E-state index in [4.69, 9.17) is 21.1 Å². The number of hydrogen-bond donors (Lipinski definition) is 2. The Bertz CT molecular complexity index is 904. The fourth-order valence-corrected chi connectivity index (χ4v) is 2.06. The van der Waals surface area contributed by atoms with Crippen LogP contribution >= 0.6 is 11.6 Å². The van der Waals surface area contributed by atoms with Crippen molar-refractivity contribution in [3.05, 3.63) is 69.2 Å². The molecule has 28 heavy (non-hydrogen) atoms. The van der Waals surface area contributed by atoms with Gasteiger partial charge in [0.15, 0.2) is 13.2 Å². The first kappa shape index (κ1) is 20.6. The highest BCUT2D eigenvalue weighted by Crippen LogP contribution is 2.17. The van der Waals surface area contributed by atoms with E-state index < -0.39 is 35.9 Å². The molecule has 0 saturated heterocycles. The van der Waals surface area contributed by atoms with Gasteiger partial charge in [-0.05, 0) is 24.3 Å². The lowest BCUT2D eigenvalue weighted by atomic mass is 10.2. The standard InChI is InChI=1S/C17H14ClN3O7/c18-12-4-2-6-14(8-12)27-10-16(23)28-9-15(22)19-20-17(24)11-3-1-5-13(7-11)21(25)26/h1-8H,9-10H2,(H,19,22)(H,20,24). The van der Waals surface area contributed by atoms with Crippen molar-refractivity contribution in [3.63, 3.8) is 0 Å². The van der Waals surface area contributed by atoms with E-state index in [0.29, 0.717) is 10.8 Å². The Kier molecular flexibility index (Phi) is 7.28. The fraction of sp³-hybridized carbons (Fsp3) is 0.118. The number of amides is 2. The molecule has 0 atom stereocenters. The van der Waals surface area contributed by atoms with Crippen LogP contribution in [0.1, 0.15) is 10.4 Å². The summed E-state index contributed by atoms with van der Waals surface area (Å²) in [6.45, 7) is -1.10. The first-order valence-electron chi connectivity index (χ1n) is 7.73. The number of halogens is 1. The molecule has 2 amide bonds. The van der Waals surface area contributed by atoms with E-state index in [1.807, 2.05) is 5.43 Å². The molecule has 0 saturated carbocycles. The maximum atomic E-state index is 11.9. The molecular formula is C17H14ClN3O7. The summed E-state index contributed by atoms with van der Waals surface area (Å²) in [5.41, 5.74) is 3.78. The van der Waals surface area contributed by atoms with Gasteiger partial charge < -0.3 is 9.47 Å². The van der Waals surface area contributed by atoms with Gasteiger partial charge in [0.25, 0.3) is 17.5 Å². The van der Waals surface area contributed by atoms with E-state index in [1.165, 1.54) is 24.3 Å². The number of carbonyl (C=O) groups is 3. The first-order chi connectivity index (χ1) is 13.3. The predicted octanol–water partition coefficient (Wildman–Crippen LogP) is 1.63. The van der Waals surface area contributed by atoms with Crippen molar-refractivity contribution in [3.8, 4) is 5.75 Å². The van der Waals surface area contributed by atoms with E-state index in [9.17, 15) is 24.5 Å². The van der Waals surface area contributed by atoms with Crippen molar-refractivity contribution in [1.29, 1.82) is 0 Å². The van der Waals surface area contributed by atoms with E-state index >= 15 is 0 Å². The fourth-order valence-electron chi connectivity index (χ4n) is 1.88. The molecule has 0 heterocycles. The van der Waals surface area contributed by atoms with E-state index in [1.54, 1.807) is 18.2 Å². The van der Waals surface area contributed by atoms with Gasteiger partial charge in [0.1, 0.15) is 5.75 Å². The van der Waals surface area contributed by atoms with Gasteiger partial charge in [0.2, 0.25) is 0 Å². The van der Waals surface area contributed by atoms with Gasteiger partial charge in [-0.3, -0.25) is 30.6 Å². The number of nitrogens with zero attached hydrogens (tertiary/aromatic N) is 1. The number of rotatable bonds is 7. The number of nitro groups is 1. The van der Waals surface area contributed by atoms with E-state index in [2.05, 4.69) is 5.43 Å². The Hall–Kier alpha value is -3.66. The van der Waals surface area contributed by atoms with E-state index in [-0.39, 0.29) is 11.3 Å². The lowest BCUT2D eigenvalue weighted by Crippen LogP contribution is -2.43. The lowest BCUT2D eigenvalue weighted by Gasteiger charge is -2.09. The number of nitrogens with one attached hydrogen (secondary N) is 2. The molecule has 2 N–H and O–H groups in total. The quantitative estimate of drug-likeness (QED) is 0.404. The second-order valence-electron chi connectivity index (χ2n) is 5.22. The summed E-state index contributed by atoms with van der Waals surface area (Å²) in [7, 11) is 0. The number of nitro benzene ring substituents is 1. The van der Waals surface area contributed by atoms with Crippen molar-refractivity contribution in [1.82, 2.24) is 10.9 Å². The molecule has 0 radical (unpaired) electrons. The summed E-state index contributed by atoms with van der Waals surface area (Å²) in [5, 5.41) is 11.1. The topological polar surface area (TPSA) is 137 Å². The Labute approximate surface area is 163 Å². The smallest absolute Gasteiger partial charge is 0.344 e. The zero-order valence-corrected chi connectivity index (χ0v) is 15.0. The molecule has 11 heteroatoms. The van der Waals surface area contributed by atoms with Crippen LogP contribution in [0.25, 0.3) is 0 Å². The van der Waals surface area contributed by atoms with Gasteiger partial charge in [-0.2, -0.15) is 0 Å². The number of ether oxygens (including phenoxy) is 2. The second-order valence-corrected chi connectivity index (χ2v) is 5.65. The molecule has 0 unspecified atom stereocenters. The highest BCUT2D eigenvalue weighted by molar-refractivity contribution is 6.30. The minimum Gasteiger partial charge on any atom is -0.482 e. The van der Waals surface area contributed by atoms with Gasteiger partial charge in [0, 0.05) is 22.7 Å². The van der Waals surface area contributed by atoms with Crippen LogP contribution in [-0.4, -0.2) is 35.9 Å². The number of carbonyl (C=O) groups excluding carboxylic acids is 3. The first-order valence-corrected chi connectivity index (χ1v) is 8.10. The summed E-state index contributed by atoms with van der Waals surface area (Å²) in [6.07, 6.45) is 0. The van der Waals surface area contributed by atoms with Crippen LogP contribution in [-0.2, 0) is 14.3 Å². The summed E-state index contributed by atoms with van der Waals surface area (Å²) in [4.78, 5) is 45.1. The average Bonchev–Trinajstić information content (AvgIpc) is 2.69. The minimum absolute atomic E-state index is 0.0265. The zero-order valence-electron chi connectivity index (χ0n) is 14.2. The molecular weight excluding hydrogens is 394 g/mol. The molecule has 2 aromatic rings. The van der Waals surface area contributed by atoms with Gasteiger partial charge in [0.05, 0.1) is 4.92 Å². The normalized spacial score (nSPS) is 9.89. The molecule has 0 aromatic heterocycles. The molecule has 146 valence electrons. The van der Waals surface area contributed by atoms with Crippen molar-refractivity contribution in [2.75, 3.05) is 13.2 Å². The third-order valence-corrected chi connectivity index (χ3v) is 3.39. The third kappa shape index (κ3) is 6.57. The summed E-state index contributed by atoms with van der Waals surface area (Å²) in [5.74, 6) is -2.03. The maximum Gasteiger partial charge on any atom is 0.344 e. The van der Waals surface area contributed by atoms with Crippen LogP contribution in [0.3, 0.4) is 0 Å². The SMILES string of the molecule is O=C(COC(=O)COc1cccc(Cl)c1)NNC(=O)c1cccc([N+](=O)[O-])c1. The molecule has 0 aliphatic heterocycles. The molecule has 2 rings (SSSR count). The maximum absolute atomic E-state index is 11.9. The summed E-state index contributed by atoms with van der Waals surface area (Å²) in [6, 6.07) is 11.3. The number of hydrazine groups is 1. The van der Waals surface area contributed by atoms with Crippen molar-refractivity contribution in [2.24, 2.45) is 0 Å². The largest absolute Gasteiger partial charge is 0.482 e. The number of hydrogen-bond acceptors (Lipinski definition) is 7. The van der Waals surface area contributed by atoms with E-state index in [0.717, 1.165) is 6.07 Å². The van der Waals surface area contributed by atoms with Crippen molar-refractivity contribution >= 4 is 35.1 Å². The van der Waals surface area contributed by atoms with Gasteiger partial charge in [-0.15, -0.1) is 0 Å². The second kappa shape index (κ2) is 9.88. The molecule has 0 bridgehead atoms. The molecule has 0 spiro atoms. The Morgan fingerprint density at radius 3 is 2.50 bits per heavy atom. The number of esters is 1. The minimum atomic E-state index is -0.810. The van der Waals surface area contributed by atoms with Crippen LogP contribution in [0.15, 0.2) is 48.5 Å². The van der Waals surface area contributed by atoms with Gasteiger partial charge >= 0.3 is 5.97 Å². The van der Waals surface area contributed by atoms with Gasteiger partial charge in [-0.25, -0.2) is 4.79 Å². The predicted molar refractivity (Wildman–Crippen MR) is 96.6 cm³/mol. The van der Waals surface area contributed by atoms with Crippen LogP contribution in [0.5, 0.6) is 5.75 Å². The van der Waals surface area contributed by atoms with Crippen LogP contribution in [0.4, 0.5) is 5.69 Å². The Morgan fingerprint density at radius 1 is 1.04 bits per heavy atom. The lowest BCUT2D eigenvalue weighted by molar-refractivity contribution is -0.384. The highest BCUT2D eigenvalue weighted by Gasteiger charge is 2.13. The monoisotopic (exact) mass is 407 g/mol. The van der Waals surface area contributed by atoms with Crippen LogP contribution in [0.2, 0.25) is 5.02 Å². The van der Waals surface area contributed by atoms with Gasteiger partial charge in [-0.1, -0.05) is 23.7 Å². The molecule has 0 fully saturated rings. The van der Waals surface area contributed by atoms with Crippen molar-refractivity contribution < 1.29 is 28.8 Å². The Balaban J connectivity index is 1.72. The van der Waals surface area contributed by atoms with Crippen molar-refractivity contribution in [2.45, 2.75) is 0 Å². The summed E-state index contributed by atoms with van der Waals surface area (Å²) < 4.78 is 9.85. The van der Waals surface area contributed by atoms with Crippen LogP contribution < -0.4 is 15.6 Å². The number of non-ortho nitro benzene ring substituents is 1. The third-order valence-electron chi connectivity index (χ3n) is 3.15. The highest BCUT2D eigenvalue weighted by atomic mass is 35.5. The average molecular weight is 408 g/mol. The number of benzene rings is 2. The molecule has 0 aliphatic carbocycles.